The minimum absolute atomic E-state index is 0.157. The number of hydrogen-bond donors (Lipinski definition) is 2. The Morgan fingerprint density at radius 1 is 1.50 bits per heavy atom. The van der Waals surface area contributed by atoms with E-state index < -0.39 is 0 Å². The number of hydrazine groups is 1. The molecular weight excluding hydrogens is 176 g/mol. The first-order valence-corrected chi connectivity index (χ1v) is 5.17. The maximum absolute atomic E-state index is 5.58. The van der Waals surface area contributed by atoms with Crippen molar-refractivity contribution in [3.05, 3.63) is 18.2 Å². The van der Waals surface area contributed by atoms with E-state index in [1.165, 1.54) is 0 Å². The Balaban J connectivity index is 2.86. The summed E-state index contributed by atoms with van der Waals surface area (Å²) in [7, 11) is 2.00. The van der Waals surface area contributed by atoms with Crippen LogP contribution in [0.5, 0.6) is 0 Å². The maximum atomic E-state index is 5.58. The van der Waals surface area contributed by atoms with E-state index in [2.05, 4.69) is 24.3 Å². The van der Waals surface area contributed by atoms with Crippen molar-refractivity contribution < 1.29 is 0 Å². The second kappa shape index (κ2) is 5.12. The van der Waals surface area contributed by atoms with E-state index in [-0.39, 0.29) is 6.04 Å². The molecule has 1 aromatic heterocycles. The van der Waals surface area contributed by atoms with Gasteiger partial charge in [-0.2, -0.15) is 0 Å². The lowest BCUT2D eigenvalue weighted by molar-refractivity contribution is 0.327. The van der Waals surface area contributed by atoms with Crippen LogP contribution in [0.1, 0.15) is 38.6 Å². The second-order valence-corrected chi connectivity index (χ2v) is 3.62. The van der Waals surface area contributed by atoms with Gasteiger partial charge in [0, 0.05) is 19.4 Å². The van der Waals surface area contributed by atoms with Crippen molar-refractivity contribution in [2.45, 2.75) is 32.7 Å². The Hall–Kier alpha value is -0.870. The summed E-state index contributed by atoms with van der Waals surface area (Å²) in [5.41, 5.74) is 2.86. The van der Waals surface area contributed by atoms with Crippen LogP contribution in [0.15, 0.2) is 12.4 Å². The third-order valence-corrected chi connectivity index (χ3v) is 2.84. The molecule has 0 aromatic carbocycles. The van der Waals surface area contributed by atoms with Crippen molar-refractivity contribution in [2.24, 2.45) is 18.8 Å². The zero-order valence-corrected chi connectivity index (χ0v) is 9.20. The van der Waals surface area contributed by atoms with Gasteiger partial charge in [-0.3, -0.25) is 5.84 Å². The fraction of sp³-hybridized carbons (Fsp3) is 0.700. The highest BCUT2D eigenvalue weighted by Crippen LogP contribution is 2.24. The van der Waals surface area contributed by atoms with Crippen LogP contribution in [0.25, 0.3) is 0 Å². The molecule has 1 heterocycles. The molecule has 1 unspecified atom stereocenters. The van der Waals surface area contributed by atoms with Gasteiger partial charge in [-0.25, -0.2) is 10.4 Å². The highest BCUT2D eigenvalue weighted by atomic mass is 15.3. The molecule has 1 aromatic rings. The number of nitrogens with one attached hydrogen (secondary N) is 1. The van der Waals surface area contributed by atoms with Crippen LogP contribution in [-0.4, -0.2) is 9.55 Å². The van der Waals surface area contributed by atoms with Gasteiger partial charge in [0.1, 0.15) is 5.82 Å². The van der Waals surface area contributed by atoms with E-state index in [0.717, 1.165) is 18.7 Å². The van der Waals surface area contributed by atoms with E-state index in [1.807, 2.05) is 24.0 Å². The molecule has 0 aliphatic carbocycles. The molecule has 1 rings (SSSR count). The first-order chi connectivity index (χ1) is 6.74. The van der Waals surface area contributed by atoms with Crippen molar-refractivity contribution in [1.29, 1.82) is 0 Å². The van der Waals surface area contributed by atoms with E-state index in [1.54, 1.807) is 0 Å². The second-order valence-electron chi connectivity index (χ2n) is 3.62. The SMILES string of the molecule is CCC(CC)C(NN)c1nccn1C. The van der Waals surface area contributed by atoms with Crippen molar-refractivity contribution >= 4 is 0 Å². The zero-order chi connectivity index (χ0) is 10.6. The first kappa shape index (κ1) is 11.2. The van der Waals surface area contributed by atoms with Crippen LogP contribution in [0, 0.1) is 5.92 Å². The Bertz CT molecular complexity index is 265. The van der Waals surface area contributed by atoms with Gasteiger partial charge in [0.15, 0.2) is 0 Å². The Morgan fingerprint density at radius 3 is 2.50 bits per heavy atom. The van der Waals surface area contributed by atoms with E-state index >= 15 is 0 Å². The van der Waals surface area contributed by atoms with Crippen LogP contribution >= 0.6 is 0 Å². The topological polar surface area (TPSA) is 55.9 Å². The average Bonchev–Trinajstić information content (AvgIpc) is 2.61. The van der Waals surface area contributed by atoms with Crippen LogP contribution in [-0.2, 0) is 7.05 Å². The Kier molecular flexibility index (Phi) is 4.10. The predicted octanol–water partition coefficient (Wildman–Crippen LogP) is 1.36. The molecular formula is C10H20N4. The van der Waals surface area contributed by atoms with E-state index in [0.29, 0.717) is 5.92 Å². The standard InChI is InChI=1S/C10H20N4/c1-4-8(5-2)9(13-11)10-12-6-7-14(10)3/h6-9,13H,4-5,11H2,1-3H3. The van der Waals surface area contributed by atoms with Gasteiger partial charge in [0.05, 0.1) is 6.04 Å². The molecule has 80 valence electrons. The summed E-state index contributed by atoms with van der Waals surface area (Å²) in [5, 5.41) is 0. The number of aromatic nitrogens is 2. The summed E-state index contributed by atoms with van der Waals surface area (Å²) in [4.78, 5) is 4.32. The van der Waals surface area contributed by atoms with Crippen LogP contribution < -0.4 is 11.3 Å². The summed E-state index contributed by atoms with van der Waals surface area (Å²) in [6.45, 7) is 4.36. The molecule has 0 bridgehead atoms. The van der Waals surface area contributed by atoms with Gasteiger partial charge < -0.3 is 4.57 Å². The van der Waals surface area contributed by atoms with E-state index in [4.69, 9.17) is 5.84 Å². The number of nitrogens with two attached hydrogens (primary N) is 1. The normalized spacial score (nSPS) is 13.5. The molecule has 4 nitrogen and oxygen atoms in total. The molecule has 1 atom stereocenters. The summed E-state index contributed by atoms with van der Waals surface area (Å²) >= 11 is 0. The largest absolute Gasteiger partial charge is 0.337 e. The van der Waals surface area contributed by atoms with Gasteiger partial charge in [-0.1, -0.05) is 26.7 Å². The molecule has 0 spiro atoms. The Morgan fingerprint density at radius 2 is 2.14 bits per heavy atom. The van der Waals surface area contributed by atoms with Gasteiger partial charge in [-0.15, -0.1) is 0 Å². The summed E-state index contributed by atoms with van der Waals surface area (Å²) in [6, 6.07) is 0.157. The number of hydrogen-bond acceptors (Lipinski definition) is 3. The average molecular weight is 196 g/mol. The highest BCUT2D eigenvalue weighted by molar-refractivity contribution is 5.00. The molecule has 3 N–H and O–H groups in total. The van der Waals surface area contributed by atoms with Crippen molar-refractivity contribution in [3.8, 4) is 0 Å². The molecule has 0 saturated carbocycles. The monoisotopic (exact) mass is 196 g/mol. The van der Waals surface area contributed by atoms with Crippen LogP contribution in [0.3, 0.4) is 0 Å². The lowest BCUT2D eigenvalue weighted by Gasteiger charge is -2.23. The van der Waals surface area contributed by atoms with Gasteiger partial charge in [0.2, 0.25) is 0 Å². The molecule has 0 aliphatic heterocycles. The number of rotatable bonds is 5. The fourth-order valence-electron chi connectivity index (χ4n) is 1.86. The third kappa shape index (κ3) is 2.13. The molecule has 14 heavy (non-hydrogen) atoms. The summed E-state index contributed by atoms with van der Waals surface area (Å²) < 4.78 is 2.02. The first-order valence-electron chi connectivity index (χ1n) is 5.17. The quantitative estimate of drug-likeness (QED) is 0.552. The summed E-state index contributed by atoms with van der Waals surface area (Å²) in [5.74, 6) is 7.14. The number of nitrogens with zero attached hydrogens (tertiary/aromatic N) is 2. The van der Waals surface area contributed by atoms with Gasteiger partial charge >= 0.3 is 0 Å². The lowest BCUT2D eigenvalue weighted by atomic mass is 9.94. The minimum atomic E-state index is 0.157. The molecule has 4 heteroatoms. The third-order valence-electron chi connectivity index (χ3n) is 2.84. The Labute approximate surface area is 85.5 Å². The van der Waals surface area contributed by atoms with Crippen LogP contribution in [0.4, 0.5) is 0 Å². The van der Waals surface area contributed by atoms with Crippen molar-refractivity contribution in [2.75, 3.05) is 0 Å². The number of imidazole rings is 1. The molecule has 0 amide bonds. The molecule has 0 aliphatic rings. The maximum Gasteiger partial charge on any atom is 0.127 e. The zero-order valence-electron chi connectivity index (χ0n) is 9.20. The van der Waals surface area contributed by atoms with Gasteiger partial charge in [-0.05, 0) is 5.92 Å². The molecule has 0 fully saturated rings. The fourth-order valence-corrected chi connectivity index (χ4v) is 1.86. The molecule has 0 saturated heterocycles. The molecule has 0 radical (unpaired) electrons. The van der Waals surface area contributed by atoms with Gasteiger partial charge in [0.25, 0.3) is 0 Å². The number of aryl methyl sites for hydroxylation is 1. The highest BCUT2D eigenvalue weighted by Gasteiger charge is 2.22. The smallest absolute Gasteiger partial charge is 0.127 e. The minimum Gasteiger partial charge on any atom is -0.337 e. The predicted molar refractivity (Wildman–Crippen MR) is 57.3 cm³/mol. The van der Waals surface area contributed by atoms with Crippen LogP contribution in [0.2, 0.25) is 0 Å². The summed E-state index contributed by atoms with van der Waals surface area (Å²) in [6.07, 6.45) is 5.97. The lowest BCUT2D eigenvalue weighted by Crippen LogP contribution is -2.35. The van der Waals surface area contributed by atoms with E-state index in [9.17, 15) is 0 Å². The van der Waals surface area contributed by atoms with Crippen molar-refractivity contribution in [3.63, 3.8) is 0 Å². The van der Waals surface area contributed by atoms with Crippen molar-refractivity contribution in [1.82, 2.24) is 15.0 Å².